The topological polar surface area (TPSA) is 65.8 Å². The van der Waals surface area contributed by atoms with E-state index >= 15 is 0 Å². The van der Waals surface area contributed by atoms with Crippen LogP contribution in [0.25, 0.3) is 0 Å². The van der Waals surface area contributed by atoms with Crippen molar-refractivity contribution in [3.8, 4) is 0 Å². The van der Waals surface area contributed by atoms with E-state index < -0.39 is 10.2 Å². The summed E-state index contributed by atoms with van der Waals surface area (Å²) in [6.07, 6.45) is 4.87. The lowest BCUT2D eigenvalue weighted by Gasteiger charge is -2.23. The molecule has 0 saturated heterocycles. The standard InChI is InChI=1S/C13H23N3O3S/c1-15(9-4-8-14-12-6-7-12)20(17,18)16(2)11-13-5-3-10-19-13/h3,5,10,12,14H,4,6-9,11H2,1-2H3. The molecular weight excluding hydrogens is 278 g/mol. The summed E-state index contributed by atoms with van der Waals surface area (Å²) < 4.78 is 32.4. The molecule has 1 N–H and O–H groups in total. The Morgan fingerprint density at radius 2 is 2.10 bits per heavy atom. The molecule has 2 rings (SSSR count). The molecule has 1 fully saturated rings. The minimum atomic E-state index is -3.42. The summed E-state index contributed by atoms with van der Waals surface area (Å²) in [6, 6.07) is 4.19. The van der Waals surface area contributed by atoms with E-state index in [1.54, 1.807) is 32.5 Å². The highest BCUT2D eigenvalue weighted by Crippen LogP contribution is 2.18. The second-order valence-corrected chi connectivity index (χ2v) is 7.39. The third-order valence-corrected chi connectivity index (χ3v) is 5.29. The highest BCUT2D eigenvalue weighted by molar-refractivity contribution is 7.86. The second kappa shape index (κ2) is 6.71. The summed E-state index contributed by atoms with van der Waals surface area (Å²) in [5.74, 6) is 0.639. The highest BCUT2D eigenvalue weighted by atomic mass is 32.2. The molecule has 1 saturated carbocycles. The molecule has 7 heteroatoms. The van der Waals surface area contributed by atoms with Crippen molar-refractivity contribution < 1.29 is 12.8 Å². The summed E-state index contributed by atoms with van der Waals surface area (Å²) in [6.45, 7) is 1.64. The van der Waals surface area contributed by atoms with Gasteiger partial charge in [-0.3, -0.25) is 0 Å². The largest absolute Gasteiger partial charge is 0.468 e. The van der Waals surface area contributed by atoms with Gasteiger partial charge in [0.25, 0.3) is 10.2 Å². The monoisotopic (exact) mass is 301 g/mol. The lowest BCUT2D eigenvalue weighted by atomic mass is 10.4. The van der Waals surface area contributed by atoms with Gasteiger partial charge in [-0.25, -0.2) is 0 Å². The van der Waals surface area contributed by atoms with Gasteiger partial charge in [0.2, 0.25) is 0 Å². The Hall–Kier alpha value is -0.890. The zero-order valence-electron chi connectivity index (χ0n) is 12.1. The van der Waals surface area contributed by atoms with E-state index in [4.69, 9.17) is 4.42 Å². The first-order valence-electron chi connectivity index (χ1n) is 6.93. The minimum absolute atomic E-state index is 0.250. The van der Waals surface area contributed by atoms with Crippen LogP contribution in [-0.2, 0) is 16.8 Å². The maximum Gasteiger partial charge on any atom is 0.281 e. The highest BCUT2D eigenvalue weighted by Gasteiger charge is 2.24. The zero-order valence-corrected chi connectivity index (χ0v) is 12.9. The van der Waals surface area contributed by atoms with Crippen molar-refractivity contribution in [3.05, 3.63) is 24.2 Å². The van der Waals surface area contributed by atoms with Gasteiger partial charge in [-0.1, -0.05) is 0 Å². The van der Waals surface area contributed by atoms with E-state index in [0.29, 0.717) is 18.3 Å². The molecule has 114 valence electrons. The predicted molar refractivity (Wildman–Crippen MR) is 77.4 cm³/mol. The molecule has 20 heavy (non-hydrogen) atoms. The first kappa shape index (κ1) is 15.5. The van der Waals surface area contributed by atoms with Gasteiger partial charge in [-0.05, 0) is 37.9 Å². The van der Waals surface area contributed by atoms with E-state index in [1.165, 1.54) is 21.5 Å². The average molecular weight is 301 g/mol. The Morgan fingerprint density at radius 1 is 1.35 bits per heavy atom. The van der Waals surface area contributed by atoms with Crippen molar-refractivity contribution >= 4 is 10.2 Å². The molecule has 0 aliphatic heterocycles. The smallest absolute Gasteiger partial charge is 0.281 e. The van der Waals surface area contributed by atoms with Crippen molar-refractivity contribution in [2.45, 2.75) is 31.8 Å². The van der Waals surface area contributed by atoms with Crippen molar-refractivity contribution in [2.75, 3.05) is 27.2 Å². The molecule has 0 spiro atoms. The lowest BCUT2D eigenvalue weighted by Crippen LogP contribution is -2.40. The first-order chi connectivity index (χ1) is 9.50. The van der Waals surface area contributed by atoms with Crippen molar-refractivity contribution in [3.63, 3.8) is 0 Å². The van der Waals surface area contributed by atoms with Crippen LogP contribution in [0, 0.1) is 0 Å². The minimum Gasteiger partial charge on any atom is -0.468 e. The molecule has 6 nitrogen and oxygen atoms in total. The Labute approximate surface area is 120 Å². The molecule has 0 unspecified atom stereocenters. The fourth-order valence-electron chi connectivity index (χ4n) is 1.95. The molecule has 1 aliphatic carbocycles. The van der Waals surface area contributed by atoms with E-state index in [-0.39, 0.29) is 6.54 Å². The van der Waals surface area contributed by atoms with Crippen LogP contribution in [0.2, 0.25) is 0 Å². The van der Waals surface area contributed by atoms with Crippen molar-refractivity contribution in [1.82, 2.24) is 13.9 Å². The first-order valence-corrected chi connectivity index (χ1v) is 8.33. The number of nitrogens with zero attached hydrogens (tertiary/aromatic N) is 2. The zero-order chi connectivity index (χ0) is 14.6. The molecule has 0 amide bonds. The lowest BCUT2D eigenvalue weighted by molar-refractivity contribution is 0.361. The molecule has 1 aromatic heterocycles. The van der Waals surface area contributed by atoms with Gasteiger partial charge in [0.15, 0.2) is 0 Å². The average Bonchev–Trinajstić information content (AvgIpc) is 3.10. The van der Waals surface area contributed by atoms with E-state index in [1.807, 2.05) is 0 Å². The van der Waals surface area contributed by atoms with Gasteiger partial charge in [0, 0.05) is 26.7 Å². The molecule has 1 aromatic rings. The molecular formula is C13H23N3O3S. The number of furan rings is 1. The summed E-state index contributed by atoms with van der Waals surface area (Å²) in [5.41, 5.74) is 0. The Morgan fingerprint density at radius 3 is 2.70 bits per heavy atom. The van der Waals surface area contributed by atoms with Crippen LogP contribution in [-0.4, -0.2) is 50.3 Å². The van der Waals surface area contributed by atoms with Crippen LogP contribution in [0.4, 0.5) is 0 Å². The maximum absolute atomic E-state index is 12.3. The number of hydrogen-bond acceptors (Lipinski definition) is 4. The third-order valence-electron chi connectivity index (χ3n) is 3.41. The Bertz CT molecular complexity index is 497. The van der Waals surface area contributed by atoms with Crippen LogP contribution in [0.3, 0.4) is 0 Å². The molecule has 0 bridgehead atoms. The Kier molecular flexibility index (Phi) is 5.20. The quantitative estimate of drug-likeness (QED) is 0.692. The third kappa shape index (κ3) is 4.31. The van der Waals surface area contributed by atoms with Gasteiger partial charge in [0.05, 0.1) is 12.8 Å². The molecule has 1 heterocycles. The number of hydrogen-bond donors (Lipinski definition) is 1. The van der Waals surface area contributed by atoms with E-state index in [9.17, 15) is 8.42 Å². The van der Waals surface area contributed by atoms with Crippen LogP contribution in [0.1, 0.15) is 25.0 Å². The predicted octanol–water partition coefficient (Wildman–Crippen LogP) is 1.03. The van der Waals surface area contributed by atoms with Gasteiger partial charge in [-0.2, -0.15) is 17.0 Å². The SMILES string of the molecule is CN(CCCNC1CC1)S(=O)(=O)N(C)Cc1ccco1. The fraction of sp³-hybridized carbons (Fsp3) is 0.692. The molecule has 0 atom stereocenters. The molecule has 1 aliphatic rings. The summed E-state index contributed by atoms with van der Waals surface area (Å²) >= 11 is 0. The van der Waals surface area contributed by atoms with Gasteiger partial charge in [-0.15, -0.1) is 0 Å². The van der Waals surface area contributed by atoms with Crippen LogP contribution in [0.5, 0.6) is 0 Å². The Balaban J connectivity index is 1.77. The number of nitrogens with one attached hydrogen (secondary N) is 1. The van der Waals surface area contributed by atoms with Gasteiger partial charge < -0.3 is 9.73 Å². The summed E-state index contributed by atoms with van der Waals surface area (Å²) in [4.78, 5) is 0. The van der Waals surface area contributed by atoms with Crippen molar-refractivity contribution in [1.29, 1.82) is 0 Å². The normalized spacial score (nSPS) is 16.2. The van der Waals surface area contributed by atoms with E-state index in [0.717, 1.165) is 13.0 Å². The van der Waals surface area contributed by atoms with Crippen LogP contribution >= 0.6 is 0 Å². The van der Waals surface area contributed by atoms with Crippen LogP contribution < -0.4 is 5.32 Å². The van der Waals surface area contributed by atoms with Gasteiger partial charge >= 0.3 is 0 Å². The van der Waals surface area contributed by atoms with E-state index in [2.05, 4.69) is 5.32 Å². The van der Waals surface area contributed by atoms with Crippen LogP contribution in [0.15, 0.2) is 22.8 Å². The molecule has 0 aromatic carbocycles. The molecule has 0 radical (unpaired) electrons. The second-order valence-electron chi connectivity index (χ2n) is 5.25. The summed E-state index contributed by atoms with van der Waals surface area (Å²) in [5, 5.41) is 3.38. The van der Waals surface area contributed by atoms with Gasteiger partial charge in [0.1, 0.15) is 5.76 Å². The maximum atomic E-state index is 12.3. The van der Waals surface area contributed by atoms with Crippen molar-refractivity contribution in [2.24, 2.45) is 0 Å². The fourth-order valence-corrected chi connectivity index (χ4v) is 3.08. The number of rotatable bonds is 9. The summed E-state index contributed by atoms with van der Waals surface area (Å²) in [7, 11) is -0.239.